The van der Waals surface area contributed by atoms with Gasteiger partial charge < -0.3 is 15.1 Å². The second-order valence-corrected chi connectivity index (χ2v) is 7.09. The van der Waals surface area contributed by atoms with Crippen LogP contribution in [-0.2, 0) is 4.79 Å². The van der Waals surface area contributed by atoms with Gasteiger partial charge in [-0.2, -0.15) is 0 Å². The predicted molar refractivity (Wildman–Crippen MR) is 115 cm³/mol. The van der Waals surface area contributed by atoms with E-state index in [-0.39, 0.29) is 17.5 Å². The maximum Gasteiger partial charge on any atom is 0.221 e. The number of rotatable bonds is 6. The first-order valence-electron chi connectivity index (χ1n) is 9.83. The quantitative estimate of drug-likeness (QED) is 0.597. The van der Waals surface area contributed by atoms with Crippen LogP contribution in [0.1, 0.15) is 29.8 Å². The van der Waals surface area contributed by atoms with Gasteiger partial charge in [0, 0.05) is 44.4 Å². The highest BCUT2D eigenvalue weighted by atomic mass is 19.1. The number of ketones is 1. The number of halogens is 1. The lowest BCUT2D eigenvalue weighted by Gasteiger charge is -2.35. The van der Waals surface area contributed by atoms with Crippen molar-refractivity contribution in [1.29, 1.82) is 0 Å². The summed E-state index contributed by atoms with van der Waals surface area (Å²) in [5.41, 5.74) is 2.39. The smallest absolute Gasteiger partial charge is 0.221 e. The number of likely N-dealkylation sites (N-methyl/N-ethyl adjacent to an activating group) is 1. The van der Waals surface area contributed by atoms with Gasteiger partial charge in [-0.05, 0) is 48.5 Å². The van der Waals surface area contributed by atoms with Crippen LogP contribution >= 0.6 is 0 Å². The van der Waals surface area contributed by atoms with E-state index in [1.807, 2.05) is 4.90 Å². The maximum absolute atomic E-state index is 14.6. The van der Waals surface area contributed by atoms with Crippen LogP contribution in [-0.4, -0.2) is 49.3 Å². The molecule has 2 aromatic carbocycles. The zero-order valence-corrected chi connectivity index (χ0v) is 16.8. The van der Waals surface area contributed by atoms with Crippen molar-refractivity contribution in [2.24, 2.45) is 0 Å². The molecule has 0 aliphatic carbocycles. The molecule has 0 saturated carbocycles. The van der Waals surface area contributed by atoms with Crippen molar-refractivity contribution in [2.45, 2.75) is 13.8 Å². The number of carbonyl (C=O) groups excluding carboxylic acids is 2. The third kappa shape index (κ3) is 5.51. The van der Waals surface area contributed by atoms with Crippen LogP contribution in [0.5, 0.6) is 0 Å². The monoisotopic (exact) mass is 395 g/mol. The molecule has 1 aliphatic rings. The Morgan fingerprint density at radius 2 is 1.76 bits per heavy atom. The minimum absolute atomic E-state index is 0.138. The van der Waals surface area contributed by atoms with Gasteiger partial charge in [0.15, 0.2) is 5.78 Å². The molecule has 0 bridgehead atoms. The highest BCUT2D eigenvalue weighted by molar-refractivity contribution is 6.07. The van der Waals surface area contributed by atoms with E-state index in [9.17, 15) is 14.0 Å². The molecule has 1 aliphatic heterocycles. The van der Waals surface area contributed by atoms with E-state index in [0.29, 0.717) is 16.9 Å². The fraction of sp³-hybridized carbons (Fsp3) is 0.304. The Morgan fingerprint density at radius 3 is 2.34 bits per heavy atom. The van der Waals surface area contributed by atoms with Crippen LogP contribution in [0.2, 0.25) is 0 Å². The molecule has 0 unspecified atom stereocenters. The number of allylic oxidation sites excluding steroid dienone is 1. The van der Waals surface area contributed by atoms with Gasteiger partial charge in [-0.1, -0.05) is 25.1 Å². The number of nitrogens with one attached hydrogen (secondary N) is 1. The van der Waals surface area contributed by atoms with Crippen molar-refractivity contribution in [3.05, 3.63) is 65.5 Å². The van der Waals surface area contributed by atoms with E-state index in [4.69, 9.17) is 0 Å². The molecule has 5 nitrogen and oxygen atoms in total. The highest BCUT2D eigenvalue weighted by Gasteiger charge is 2.19. The molecule has 29 heavy (non-hydrogen) atoms. The van der Waals surface area contributed by atoms with Crippen LogP contribution in [0.25, 0.3) is 6.08 Å². The maximum atomic E-state index is 14.6. The van der Waals surface area contributed by atoms with Gasteiger partial charge in [0.2, 0.25) is 5.91 Å². The molecule has 0 aromatic heterocycles. The Morgan fingerprint density at radius 1 is 1.07 bits per heavy atom. The lowest BCUT2D eigenvalue weighted by molar-refractivity contribution is -0.114. The molecule has 3 rings (SSSR count). The molecular weight excluding hydrogens is 369 g/mol. The molecule has 0 atom stereocenters. The second-order valence-electron chi connectivity index (χ2n) is 7.09. The molecule has 1 fully saturated rings. The van der Waals surface area contributed by atoms with E-state index >= 15 is 0 Å². The molecule has 0 spiro atoms. The van der Waals surface area contributed by atoms with Crippen molar-refractivity contribution < 1.29 is 14.0 Å². The zero-order valence-electron chi connectivity index (χ0n) is 16.8. The van der Waals surface area contributed by atoms with Crippen molar-refractivity contribution in [3.63, 3.8) is 0 Å². The SMILES string of the molecule is CCN1CCN(c2ccc(C(=O)/C=C/c3ccc(NC(C)=O)cc3)cc2F)CC1. The van der Waals surface area contributed by atoms with Crippen LogP contribution in [0.15, 0.2) is 48.5 Å². The number of hydrogen-bond acceptors (Lipinski definition) is 4. The third-order valence-corrected chi connectivity index (χ3v) is 5.05. The third-order valence-electron chi connectivity index (χ3n) is 5.05. The van der Waals surface area contributed by atoms with E-state index in [1.54, 1.807) is 42.5 Å². The normalized spacial score (nSPS) is 14.9. The molecule has 152 valence electrons. The van der Waals surface area contributed by atoms with Gasteiger partial charge in [0.25, 0.3) is 0 Å². The van der Waals surface area contributed by atoms with Gasteiger partial charge in [-0.25, -0.2) is 4.39 Å². The van der Waals surface area contributed by atoms with E-state index in [1.165, 1.54) is 19.1 Å². The number of nitrogens with zero attached hydrogens (tertiary/aromatic N) is 2. The Hall–Kier alpha value is -2.99. The predicted octanol–water partition coefficient (Wildman–Crippen LogP) is 3.82. The Bertz CT molecular complexity index is 901. The van der Waals surface area contributed by atoms with Crippen LogP contribution in [0.3, 0.4) is 0 Å². The molecule has 1 amide bonds. The van der Waals surface area contributed by atoms with Gasteiger partial charge >= 0.3 is 0 Å². The van der Waals surface area contributed by atoms with Gasteiger partial charge in [-0.15, -0.1) is 0 Å². The Kier molecular flexibility index (Phi) is 6.77. The van der Waals surface area contributed by atoms with E-state index < -0.39 is 0 Å². The average molecular weight is 395 g/mol. The summed E-state index contributed by atoms with van der Waals surface area (Å²) < 4.78 is 14.6. The minimum Gasteiger partial charge on any atom is -0.367 e. The minimum atomic E-state index is -0.367. The number of carbonyl (C=O) groups is 2. The van der Waals surface area contributed by atoms with Crippen molar-refractivity contribution in [3.8, 4) is 0 Å². The van der Waals surface area contributed by atoms with E-state index in [2.05, 4.69) is 17.1 Å². The van der Waals surface area contributed by atoms with E-state index in [0.717, 1.165) is 38.3 Å². The molecule has 1 saturated heterocycles. The van der Waals surface area contributed by atoms with Crippen LogP contribution in [0, 0.1) is 5.82 Å². The van der Waals surface area contributed by atoms with Crippen LogP contribution in [0.4, 0.5) is 15.8 Å². The number of hydrogen-bond donors (Lipinski definition) is 1. The first-order valence-corrected chi connectivity index (χ1v) is 9.83. The number of benzene rings is 2. The first-order chi connectivity index (χ1) is 14.0. The number of piperazine rings is 1. The molecule has 0 radical (unpaired) electrons. The van der Waals surface area contributed by atoms with Crippen molar-refractivity contribution in [1.82, 2.24) is 4.90 Å². The zero-order chi connectivity index (χ0) is 20.8. The fourth-order valence-electron chi connectivity index (χ4n) is 3.37. The average Bonchev–Trinajstić information content (AvgIpc) is 2.72. The summed E-state index contributed by atoms with van der Waals surface area (Å²) >= 11 is 0. The lowest BCUT2D eigenvalue weighted by Crippen LogP contribution is -2.46. The number of anilines is 2. The lowest BCUT2D eigenvalue weighted by atomic mass is 10.1. The van der Waals surface area contributed by atoms with Crippen molar-refractivity contribution in [2.75, 3.05) is 42.9 Å². The topological polar surface area (TPSA) is 52.6 Å². The first kappa shape index (κ1) is 20.7. The molecule has 6 heteroatoms. The highest BCUT2D eigenvalue weighted by Crippen LogP contribution is 2.22. The molecule has 2 aromatic rings. The van der Waals surface area contributed by atoms with Crippen molar-refractivity contribution >= 4 is 29.1 Å². The summed E-state index contributed by atoms with van der Waals surface area (Å²) in [6, 6.07) is 11.8. The summed E-state index contributed by atoms with van der Waals surface area (Å²) in [5.74, 6) is -0.757. The summed E-state index contributed by atoms with van der Waals surface area (Å²) in [5, 5.41) is 2.69. The molecule has 1 N–H and O–H groups in total. The van der Waals surface area contributed by atoms with Crippen LogP contribution < -0.4 is 10.2 Å². The Balaban J connectivity index is 1.64. The summed E-state index contributed by atoms with van der Waals surface area (Å²) in [4.78, 5) is 27.8. The van der Waals surface area contributed by atoms with Gasteiger partial charge in [-0.3, -0.25) is 9.59 Å². The number of amides is 1. The summed E-state index contributed by atoms with van der Waals surface area (Å²) in [7, 11) is 0. The standard InChI is InChI=1S/C23H26FN3O2/c1-3-26-12-14-27(15-13-26)22-10-7-19(16-21(22)24)23(29)11-6-18-4-8-20(9-5-18)25-17(2)28/h4-11,16H,3,12-15H2,1-2H3,(H,25,28)/b11-6+. The Labute approximate surface area is 170 Å². The van der Waals surface area contributed by atoms with Gasteiger partial charge in [0.05, 0.1) is 5.69 Å². The fourth-order valence-corrected chi connectivity index (χ4v) is 3.37. The molecular formula is C23H26FN3O2. The second kappa shape index (κ2) is 9.47. The largest absolute Gasteiger partial charge is 0.367 e. The molecule has 1 heterocycles. The summed E-state index contributed by atoms with van der Waals surface area (Å²) in [6.07, 6.45) is 3.11. The summed E-state index contributed by atoms with van der Waals surface area (Å²) in [6.45, 7) is 7.98. The van der Waals surface area contributed by atoms with Gasteiger partial charge in [0.1, 0.15) is 5.82 Å².